The summed E-state index contributed by atoms with van der Waals surface area (Å²) in [4.78, 5) is 8.29. The Bertz CT molecular complexity index is 1200. The number of likely N-dealkylation sites (tertiary alicyclic amines) is 1. The third-order valence-electron chi connectivity index (χ3n) is 6.57. The van der Waals surface area contributed by atoms with E-state index in [0.717, 1.165) is 17.0 Å². The molecule has 172 valence electrons. The summed E-state index contributed by atoms with van der Waals surface area (Å²) in [6.07, 6.45) is 3.52. The molecule has 4 rings (SSSR count). The van der Waals surface area contributed by atoms with Gasteiger partial charge in [0.1, 0.15) is 19.0 Å². The second kappa shape index (κ2) is 9.05. The number of fused-ring (bicyclic) bond motifs is 1. The van der Waals surface area contributed by atoms with Gasteiger partial charge in [-0.2, -0.15) is 5.10 Å². The number of hydrogen-bond acceptors (Lipinski definition) is 7. The molecule has 8 nitrogen and oxygen atoms in total. The number of anilines is 2. The third kappa shape index (κ3) is 4.05. The Balaban J connectivity index is 1.76. The Hall–Kier alpha value is -2.68. The number of methoxy groups -OCH3 is 2. The molecule has 0 amide bonds. The van der Waals surface area contributed by atoms with E-state index >= 15 is 0 Å². The summed E-state index contributed by atoms with van der Waals surface area (Å²) in [5, 5.41) is 5.77. The minimum atomic E-state index is -1.81. The summed E-state index contributed by atoms with van der Waals surface area (Å²) in [5.74, 6) is 1.33. The van der Waals surface area contributed by atoms with Crippen molar-refractivity contribution in [2.24, 2.45) is 0 Å². The van der Waals surface area contributed by atoms with Crippen molar-refractivity contribution in [1.82, 2.24) is 24.8 Å². The first kappa shape index (κ1) is 18.8. The lowest BCUT2D eigenvalue weighted by atomic mass is 9.86. The topological polar surface area (TPSA) is 67.2 Å². The van der Waals surface area contributed by atoms with Crippen LogP contribution in [0.3, 0.4) is 0 Å². The molecule has 2 aromatic heterocycles. The molecule has 1 saturated heterocycles. The first-order chi connectivity index (χ1) is 16.5. The van der Waals surface area contributed by atoms with Crippen molar-refractivity contribution in [2.75, 3.05) is 46.3 Å². The maximum atomic E-state index is 9.18. The second-order valence-corrected chi connectivity index (χ2v) is 8.43. The van der Waals surface area contributed by atoms with Crippen LogP contribution in [0.15, 0.2) is 36.8 Å². The smallest absolute Gasteiger partial charge is 0.161 e. The highest BCUT2D eigenvalue weighted by molar-refractivity contribution is 5.79. The van der Waals surface area contributed by atoms with Gasteiger partial charge < -0.3 is 19.7 Å². The predicted octanol–water partition coefficient (Wildman–Crippen LogP) is 3.01. The van der Waals surface area contributed by atoms with E-state index in [0.29, 0.717) is 36.4 Å². The Morgan fingerprint density at radius 2 is 2.19 bits per heavy atom. The maximum absolute atomic E-state index is 9.18. The fourth-order valence-corrected chi connectivity index (χ4v) is 4.33. The Morgan fingerprint density at radius 1 is 1.38 bits per heavy atom. The highest BCUT2D eigenvalue weighted by Crippen LogP contribution is 2.33. The lowest BCUT2D eigenvalue weighted by Gasteiger charge is -2.45. The van der Waals surface area contributed by atoms with E-state index in [-0.39, 0.29) is 6.10 Å². The summed E-state index contributed by atoms with van der Waals surface area (Å²) < 4.78 is 39.4. The molecule has 32 heavy (non-hydrogen) atoms. The van der Waals surface area contributed by atoms with E-state index < -0.39 is 12.0 Å². The number of aromatic nitrogens is 3. The fourth-order valence-electron chi connectivity index (χ4n) is 4.33. The van der Waals surface area contributed by atoms with Crippen molar-refractivity contribution in [2.45, 2.75) is 38.4 Å². The average molecular weight is 442 g/mol. The summed E-state index contributed by atoms with van der Waals surface area (Å²) >= 11 is 0. The number of nitrogens with one attached hydrogen (secondary N) is 1. The molecule has 0 spiro atoms. The molecule has 1 aliphatic heterocycles. The molecule has 1 N–H and O–H groups in total. The third-order valence-corrected chi connectivity index (χ3v) is 6.57. The van der Waals surface area contributed by atoms with E-state index in [1.165, 1.54) is 11.6 Å². The molecule has 2 atom stereocenters. The minimum Gasteiger partial charge on any atom is -0.497 e. The molecular weight excluding hydrogens is 404 g/mol. The van der Waals surface area contributed by atoms with E-state index in [4.69, 9.17) is 10.9 Å². The van der Waals surface area contributed by atoms with Gasteiger partial charge in [-0.15, -0.1) is 0 Å². The van der Waals surface area contributed by atoms with E-state index in [1.807, 2.05) is 44.0 Å². The molecule has 0 saturated carbocycles. The van der Waals surface area contributed by atoms with Crippen molar-refractivity contribution in [3.8, 4) is 5.75 Å². The molecule has 3 heterocycles. The van der Waals surface area contributed by atoms with Crippen LogP contribution in [0.4, 0.5) is 11.5 Å². The van der Waals surface area contributed by atoms with Gasteiger partial charge in [-0.1, -0.05) is 6.07 Å². The monoisotopic (exact) mass is 441 g/mol. The van der Waals surface area contributed by atoms with Crippen molar-refractivity contribution < 1.29 is 13.6 Å². The van der Waals surface area contributed by atoms with E-state index in [1.54, 1.807) is 42.9 Å². The van der Waals surface area contributed by atoms with Gasteiger partial charge in [-0.05, 0) is 50.6 Å². The Kier molecular flexibility index (Phi) is 5.33. The molecule has 1 aliphatic rings. The van der Waals surface area contributed by atoms with Gasteiger partial charge in [0.05, 0.1) is 13.2 Å². The van der Waals surface area contributed by atoms with Gasteiger partial charge in [0.15, 0.2) is 5.82 Å². The summed E-state index contributed by atoms with van der Waals surface area (Å²) in [5.41, 5.74) is 2.53. The maximum Gasteiger partial charge on any atom is 0.161 e. The molecule has 3 aromatic rings. The van der Waals surface area contributed by atoms with Gasteiger partial charge in [0, 0.05) is 60.0 Å². The molecule has 0 radical (unpaired) electrons. The number of likely N-dealkylation sites (N-methyl/N-ethyl adjacent to an activating group) is 1. The van der Waals surface area contributed by atoms with Crippen molar-refractivity contribution in [3.63, 3.8) is 0 Å². The average Bonchev–Trinajstić information content (AvgIpc) is 3.29. The standard InChI is InChI=1S/C24H34N6O2/c1-17-7-8-19(31-5)13-20(17)28(4)23-22-18(9-11-30(22)27-16-26-23)14-29-12-10-24(2,25-3)21(15-29)32-6/h7-9,11,13,16,21,25H,10,12,14-15H2,1-6H3/t21-,24-/m1/s1/i14D2/hD. The number of rotatable bonds is 7. The molecule has 8 heteroatoms. The zero-order valence-corrected chi connectivity index (χ0v) is 19.7. The van der Waals surface area contributed by atoms with Crippen LogP contribution in [0.25, 0.3) is 5.52 Å². The number of piperidine rings is 1. The van der Waals surface area contributed by atoms with Crippen LogP contribution in [-0.2, 0) is 11.2 Å². The SMILES string of the molecule is [2H]N(C)[C@]1(C)CCN(C([2H])([2H])c2ccn3ncnc(N(C)c4cc(OC)ccc4C)c23)C[C@H]1OC. The lowest BCUT2D eigenvalue weighted by molar-refractivity contribution is -0.0341. The summed E-state index contributed by atoms with van der Waals surface area (Å²) in [6.45, 7) is 3.04. The zero-order valence-electron chi connectivity index (χ0n) is 22.7. The molecule has 1 aromatic carbocycles. The van der Waals surface area contributed by atoms with E-state index in [9.17, 15) is 2.74 Å². The zero-order chi connectivity index (χ0) is 25.5. The highest BCUT2D eigenvalue weighted by atomic mass is 16.5. The molecule has 0 bridgehead atoms. The number of ether oxygens (including phenoxy) is 2. The van der Waals surface area contributed by atoms with Crippen LogP contribution in [0, 0.1) is 6.92 Å². The van der Waals surface area contributed by atoms with Crippen molar-refractivity contribution in [1.29, 1.82) is 0 Å². The van der Waals surface area contributed by atoms with Crippen LogP contribution in [-0.4, -0.2) is 72.5 Å². The molecule has 0 aliphatic carbocycles. The van der Waals surface area contributed by atoms with Crippen molar-refractivity contribution >= 4 is 17.0 Å². The second-order valence-electron chi connectivity index (χ2n) is 8.43. The molecule has 1 fully saturated rings. The first-order valence-electron chi connectivity index (χ1n) is 12.2. The van der Waals surface area contributed by atoms with Gasteiger partial charge in [-0.3, -0.25) is 4.90 Å². The van der Waals surface area contributed by atoms with Gasteiger partial charge in [-0.25, -0.2) is 9.50 Å². The molecular formula is C24H34N6O2. The van der Waals surface area contributed by atoms with E-state index in [2.05, 4.69) is 10.1 Å². The predicted molar refractivity (Wildman–Crippen MR) is 127 cm³/mol. The summed E-state index contributed by atoms with van der Waals surface area (Å²) in [6, 6.07) is 7.61. The number of hydrogen-bond donors (Lipinski definition) is 1. The van der Waals surface area contributed by atoms with Gasteiger partial charge >= 0.3 is 0 Å². The minimum absolute atomic E-state index is 0.319. The van der Waals surface area contributed by atoms with Crippen LogP contribution >= 0.6 is 0 Å². The number of benzene rings is 1. The number of nitrogens with zero attached hydrogens (tertiary/aromatic N) is 5. The highest BCUT2D eigenvalue weighted by Gasteiger charge is 2.38. The Labute approximate surface area is 194 Å². The van der Waals surface area contributed by atoms with Gasteiger partial charge in [0.2, 0.25) is 0 Å². The van der Waals surface area contributed by atoms with Crippen LogP contribution in [0.5, 0.6) is 5.75 Å². The molecule has 0 unspecified atom stereocenters. The Morgan fingerprint density at radius 3 is 2.91 bits per heavy atom. The number of aryl methyl sites for hydroxylation is 1. The normalized spacial score (nSPS) is 23.7. The largest absolute Gasteiger partial charge is 0.497 e. The van der Waals surface area contributed by atoms with Gasteiger partial charge in [0.25, 0.3) is 0 Å². The first-order valence-corrected chi connectivity index (χ1v) is 10.8. The lowest BCUT2D eigenvalue weighted by Crippen LogP contribution is -2.60. The van der Waals surface area contributed by atoms with Crippen LogP contribution in [0.2, 0.25) is 1.41 Å². The fraction of sp³-hybridized carbons (Fsp3) is 0.500. The summed E-state index contributed by atoms with van der Waals surface area (Å²) in [7, 11) is 6.88. The van der Waals surface area contributed by atoms with Crippen molar-refractivity contribution in [3.05, 3.63) is 47.9 Å². The van der Waals surface area contributed by atoms with Crippen LogP contribution < -0.4 is 14.9 Å². The quantitative estimate of drug-likeness (QED) is 0.605. The van der Waals surface area contributed by atoms with Crippen LogP contribution in [0.1, 0.15) is 27.2 Å².